The Kier molecular flexibility index (Phi) is 7.04. The lowest BCUT2D eigenvalue weighted by Crippen LogP contribution is -2.16. The van der Waals surface area contributed by atoms with Gasteiger partial charge in [-0.2, -0.15) is 0 Å². The van der Waals surface area contributed by atoms with Gasteiger partial charge in [-0.1, -0.05) is 24.6 Å². The maximum atomic E-state index is 5.58. The SMILES string of the molecule is CCCNCC(C)=Cc1ccc(OC)c(OCC)c1. The Bertz CT molecular complexity index is 413. The van der Waals surface area contributed by atoms with Crippen LogP contribution in [0.5, 0.6) is 11.5 Å². The van der Waals surface area contributed by atoms with Crippen LogP contribution in [0.3, 0.4) is 0 Å². The lowest BCUT2D eigenvalue weighted by atomic mass is 10.1. The number of methoxy groups -OCH3 is 1. The van der Waals surface area contributed by atoms with Crippen molar-refractivity contribution in [2.24, 2.45) is 0 Å². The van der Waals surface area contributed by atoms with Crippen LogP contribution >= 0.6 is 0 Å². The zero-order valence-corrected chi connectivity index (χ0v) is 12.5. The molecule has 1 aromatic rings. The molecule has 0 saturated heterocycles. The maximum Gasteiger partial charge on any atom is 0.161 e. The largest absolute Gasteiger partial charge is 0.493 e. The number of nitrogens with one attached hydrogen (secondary N) is 1. The van der Waals surface area contributed by atoms with Crippen molar-refractivity contribution in [2.45, 2.75) is 27.2 Å². The highest BCUT2D eigenvalue weighted by atomic mass is 16.5. The molecule has 0 aliphatic rings. The highest BCUT2D eigenvalue weighted by molar-refractivity contribution is 5.58. The standard InChI is InChI=1S/C16H25NO2/c1-5-9-17-12-13(3)10-14-7-8-15(18-4)16(11-14)19-6-2/h7-8,10-11,17H,5-6,9,12H2,1-4H3. The van der Waals surface area contributed by atoms with E-state index in [4.69, 9.17) is 9.47 Å². The quantitative estimate of drug-likeness (QED) is 0.728. The van der Waals surface area contributed by atoms with E-state index in [1.807, 2.05) is 25.1 Å². The monoisotopic (exact) mass is 263 g/mol. The summed E-state index contributed by atoms with van der Waals surface area (Å²) >= 11 is 0. The molecule has 0 heterocycles. The van der Waals surface area contributed by atoms with Gasteiger partial charge >= 0.3 is 0 Å². The van der Waals surface area contributed by atoms with Crippen LogP contribution in [0.15, 0.2) is 23.8 Å². The van der Waals surface area contributed by atoms with Gasteiger partial charge in [-0.05, 0) is 44.5 Å². The van der Waals surface area contributed by atoms with Gasteiger partial charge in [-0.15, -0.1) is 0 Å². The van der Waals surface area contributed by atoms with E-state index in [2.05, 4.69) is 25.2 Å². The molecule has 1 aromatic carbocycles. The molecule has 0 radical (unpaired) electrons. The zero-order chi connectivity index (χ0) is 14.1. The fourth-order valence-corrected chi connectivity index (χ4v) is 1.85. The third-order valence-corrected chi connectivity index (χ3v) is 2.73. The highest BCUT2D eigenvalue weighted by Crippen LogP contribution is 2.28. The van der Waals surface area contributed by atoms with Crippen LogP contribution in [0.1, 0.15) is 32.8 Å². The van der Waals surface area contributed by atoms with E-state index in [9.17, 15) is 0 Å². The minimum Gasteiger partial charge on any atom is -0.493 e. The van der Waals surface area contributed by atoms with Crippen molar-refractivity contribution < 1.29 is 9.47 Å². The van der Waals surface area contributed by atoms with E-state index < -0.39 is 0 Å². The fraction of sp³-hybridized carbons (Fsp3) is 0.500. The molecule has 0 aromatic heterocycles. The van der Waals surface area contributed by atoms with Gasteiger partial charge in [0, 0.05) is 6.54 Å². The van der Waals surface area contributed by atoms with Crippen LogP contribution in [0.2, 0.25) is 0 Å². The summed E-state index contributed by atoms with van der Waals surface area (Å²) in [6.07, 6.45) is 3.33. The summed E-state index contributed by atoms with van der Waals surface area (Å²) in [7, 11) is 1.66. The lowest BCUT2D eigenvalue weighted by Gasteiger charge is -2.10. The van der Waals surface area contributed by atoms with Crippen LogP contribution < -0.4 is 14.8 Å². The second-order valence-corrected chi connectivity index (χ2v) is 4.51. The van der Waals surface area contributed by atoms with Gasteiger partial charge < -0.3 is 14.8 Å². The van der Waals surface area contributed by atoms with Crippen molar-refractivity contribution in [3.8, 4) is 11.5 Å². The maximum absolute atomic E-state index is 5.58. The van der Waals surface area contributed by atoms with E-state index in [0.717, 1.165) is 36.6 Å². The Morgan fingerprint density at radius 3 is 2.68 bits per heavy atom. The van der Waals surface area contributed by atoms with E-state index in [-0.39, 0.29) is 0 Å². The molecular weight excluding hydrogens is 238 g/mol. The minimum absolute atomic E-state index is 0.639. The molecule has 0 bridgehead atoms. The van der Waals surface area contributed by atoms with Crippen LogP contribution in [0, 0.1) is 0 Å². The Hall–Kier alpha value is -1.48. The van der Waals surface area contributed by atoms with Gasteiger partial charge in [0.25, 0.3) is 0 Å². The van der Waals surface area contributed by atoms with Gasteiger partial charge in [0.2, 0.25) is 0 Å². The van der Waals surface area contributed by atoms with Gasteiger partial charge in [0.15, 0.2) is 11.5 Å². The number of ether oxygens (including phenoxy) is 2. The smallest absolute Gasteiger partial charge is 0.161 e. The first-order valence-corrected chi connectivity index (χ1v) is 6.90. The molecule has 0 spiro atoms. The number of benzene rings is 1. The van der Waals surface area contributed by atoms with E-state index in [1.165, 1.54) is 5.57 Å². The molecule has 106 valence electrons. The number of rotatable bonds is 8. The Morgan fingerprint density at radius 2 is 2.05 bits per heavy atom. The molecule has 0 atom stereocenters. The predicted octanol–water partition coefficient (Wildman–Crippen LogP) is 3.50. The first kappa shape index (κ1) is 15.6. The molecule has 3 nitrogen and oxygen atoms in total. The normalized spacial score (nSPS) is 11.5. The van der Waals surface area contributed by atoms with E-state index in [1.54, 1.807) is 7.11 Å². The van der Waals surface area contributed by atoms with Crippen molar-refractivity contribution >= 4 is 6.08 Å². The van der Waals surface area contributed by atoms with Gasteiger partial charge in [-0.3, -0.25) is 0 Å². The van der Waals surface area contributed by atoms with Gasteiger partial charge in [-0.25, -0.2) is 0 Å². The van der Waals surface area contributed by atoms with Crippen molar-refractivity contribution in [2.75, 3.05) is 26.8 Å². The van der Waals surface area contributed by atoms with E-state index in [0.29, 0.717) is 6.61 Å². The zero-order valence-electron chi connectivity index (χ0n) is 12.5. The summed E-state index contributed by atoms with van der Waals surface area (Å²) in [5.41, 5.74) is 2.45. The number of hydrogen-bond donors (Lipinski definition) is 1. The minimum atomic E-state index is 0.639. The van der Waals surface area contributed by atoms with E-state index >= 15 is 0 Å². The summed E-state index contributed by atoms with van der Waals surface area (Å²) in [4.78, 5) is 0. The molecule has 0 aliphatic carbocycles. The van der Waals surface area contributed by atoms with Crippen molar-refractivity contribution in [1.29, 1.82) is 0 Å². The molecule has 0 fully saturated rings. The van der Waals surface area contributed by atoms with Crippen molar-refractivity contribution in [3.05, 3.63) is 29.3 Å². The highest BCUT2D eigenvalue weighted by Gasteiger charge is 2.04. The van der Waals surface area contributed by atoms with Crippen LogP contribution in [-0.4, -0.2) is 26.8 Å². The second-order valence-electron chi connectivity index (χ2n) is 4.51. The van der Waals surface area contributed by atoms with Gasteiger partial charge in [0.05, 0.1) is 13.7 Å². The molecule has 1 N–H and O–H groups in total. The summed E-state index contributed by atoms with van der Waals surface area (Å²) in [6.45, 7) is 8.89. The average Bonchev–Trinajstić information content (AvgIpc) is 2.40. The Morgan fingerprint density at radius 1 is 1.26 bits per heavy atom. The fourth-order valence-electron chi connectivity index (χ4n) is 1.85. The van der Waals surface area contributed by atoms with Crippen LogP contribution in [-0.2, 0) is 0 Å². The molecule has 19 heavy (non-hydrogen) atoms. The second kappa shape index (κ2) is 8.59. The lowest BCUT2D eigenvalue weighted by molar-refractivity contribution is 0.311. The molecule has 0 aliphatic heterocycles. The third kappa shape index (κ3) is 5.35. The number of hydrogen-bond acceptors (Lipinski definition) is 3. The molecule has 1 rings (SSSR count). The van der Waals surface area contributed by atoms with Crippen molar-refractivity contribution in [1.82, 2.24) is 5.32 Å². The molecule has 0 amide bonds. The molecule has 0 unspecified atom stereocenters. The Labute approximate surface area is 116 Å². The first-order chi connectivity index (χ1) is 9.21. The van der Waals surface area contributed by atoms with Crippen LogP contribution in [0.4, 0.5) is 0 Å². The molecule has 0 saturated carbocycles. The predicted molar refractivity (Wildman–Crippen MR) is 81.0 cm³/mol. The molecular formula is C16H25NO2. The topological polar surface area (TPSA) is 30.5 Å². The van der Waals surface area contributed by atoms with Crippen LogP contribution in [0.25, 0.3) is 6.08 Å². The third-order valence-electron chi connectivity index (χ3n) is 2.73. The summed E-state index contributed by atoms with van der Waals surface area (Å²) in [6, 6.07) is 6.01. The van der Waals surface area contributed by atoms with Crippen molar-refractivity contribution in [3.63, 3.8) is 0 Å². The summed E-state index contributed by atoms with van der Waals surface area (Å²) < 4.78 is 10.9. The summed E-state index contributed by atoms with van der Waals surface area (Å²) in [5, 5.41) is 3.39. The average molecular weight is 263 g/mol. The Balaban J connectivity index is 2.77. The summed E-state index contributed by atoms with van der Waals surface area (Å²) in [5.74, 6) is 1.58. The molecule has 3 heteroatoms. The van der Waals surface area contributed by atoms with Gasteiger partial charge in [0.1, 0.15) is 0 Å². The first-order valence-electron chi connectivity index (χ1n) is 6.90.